The molecule has 0 aromatic rings. The van der Waals surface area contributed by atoms with Gasteiger partial charge in [-0.25, -0.2) is 0 Å². The summed E-state index contributed by atoms with van der Waals surface area (Å²) in [4.78, 5) is 9.72. The fraction of sp³-hybridized carbons (Fsp3) is 0.800. The van der Waals surface area contributed by atoms with Crippen LogP contribution in [0.2, 0.25) is 0 Å². The molecular formula is C5H8F3NO2. The summed E-state index contributed by atoms with van der Waals surface area (Å²) < 4.78 is 37.2. The Balaban J connectivity index is 3.45. The molecule has 0 spiro atoms. The number of carbonyl (C=O) groups excluding carboxylic acids is 1. The molecule has 0 aromatic heterocycles. The van der Waals surface area contributed by atoms with Gasteiger partial charge in [-0.15, -0.1) is 13.2 Å². The van der Waals surface area contributed by atoms with Gasteiger partial charge in [0.25, 0.3) is 0 Å². The van der Waals surface area contributed by atoms with E-state index in [9.17, 15) is 18.0 Å². The zero-order chi connectivity index (χ0) is 8.91. The highest BCUT2D eigenvalue weighted by atomic mass is 19.4. The first-order valence-electron chi connectivity index (χ1n) is 2.85. The van der Waals surface area contributed by atoms with Crippen LogP contribution in [0.5, 0.6) is 0 Å². The van der Waals surface area contributed by atoms with Crippen molar-refractivity contribution in [2.24, 2.45) is 5.73 Å². The molecule has 0 radical (unpaired) electrons. The van der Waals surface area contributed by atoms with Crippen LogP contribution in [0, 0.1) is 0 Å². The minimum Gasteiger partial charge on any atom is -0.325 e. The molecule has 0 heterocycles. The summed E-state index contributed by atoms with van der Waals surface area (Å²) in [6.07, 6.45) is -4.35. The van der Waals surface area contributed by atoms with E-state index in [2.05, 4.69) is 4.74 Å². The number of rotatable bonds is 4. The Morgan fingerprint density at radius 1 is 1.55 bits per heavy atom. The van der Waals surface area contributed by atoms with Crippen molar-refractivity contribution in [2.75, 3.05) is 6.61 Å². The van der Waals surface area contributed by atoms with Crippen molar-refractivity contribution < 1.29 is 22.7 Å². The molecule has 0 aliphatic rings. The third-order valence-corrected chi connectivity index (χ3v) is 0.860. The number of nitrogens with two attached hydrogens (primary N) is 1. The van der Waals surface area contributed by atoms with E-state index >= 15 is 0 Å². The van der Waals surface area contributed by atoms with Crippen LogP contribution in [0.3, 0.4) is 0 Å². The van der Waals surface area contributed by atoms with Gasteiger partial charge in [-0.1, -0.05) is 0 Å². The smallest absolute Gasteiger partial charge is 0.325 e. The van der Waals surface area contributed by atoms with Gasteiger partial charge >= 0.3 is 6.36 Å². The fourth-order valence-electron chi connectivity index (χ4n) is 0.393. The number of aldehydes is 1. The first-order chi connectivity index (χ1) is 4.95. The molecule has 0 bridgehead atoms. The normalized spacial score (nSPS) is 14.5. The molecular weight excluding hydrogens is 163 g/mol. The zero-order valence-corrected chi connectivity index (χ0v) is 5.60. The van der Waals surface area contributed by atoms with Gasteiger partial charge in [0.15, 0.2) is 0 Å². The maximum Gasteiger partial charge on any atom is 0.522 e. The lowest BCUT2D eigenvalue weighted by molar-refractivity contribution is -0.325. The first-order valence-corrected chi connectivity index (χ1v) is 2.85. The molecule has 6 heteroatoms. The van der Waals surface area contributed by atoms with E-state index in [1.807, 2.05) is 0 Å². The third-order valence-electron chi connectivity index (χ3n) is 0.860. The summed E-state index contributed by atoms with van der Waals surface area (Å²) >= 11 is 0. The largest absolute Gasteiger partial charge is 0.522 e. The molecule has 0 fully saturated rings. The van der Waals surface area contributed by atoms with Crippen molar-refractivity contribution in [1.82, 2.24) is 0 Å². The van der Waals surface area contributed by atoms with Crippen molar-refractivity contribution in [2.45, 2.75) is 18.8 Å². The average molecular weight is 171 g/mol. The quantitative estimate of drug-likeness (QED) is 0.624. The van der Waals surface area contributed by atoms with Crippen LogP contribution >= 0.6 is 0 Å². The standard InChI is InChI=1S/C5H8F3NO2/c6-5(7,8)11-3-4(9)1-2-10/h2,4H,1,3,9H2. The molecule has 0 aliphatic heterocycles. The van der Waals surface area contributed by atoms with Crippen molar-refractivity contribution in [1.29, 1.82) is 0 Å². The Morgan fingerprint density at radius 2 is 2.09 bits per heavy atom. The summed E-state index contributed by atoms with van der Waals surface area (Å²) in [5.74, 6) is 0. The molecule has 11 heavy (non-hydrogen) atoms. The van der Waals surface area contributed by atoms with E-state index < -0.39 is 19.0 Å². The molecule has 0 amide bonds. The van der Waals surface area contributed by atoms with Gasteiger partial charge in [-0.3, -0.25) is 4.74 Å². The molecule has 0 saturated heterocycles. The van der Waals surface area contributed by atoms with Crippen molar-refractivity contribution in [3.05, 3.63) is 0 Å². The van der Waals surface area contributed by atoms with Gasteiger partial charge in [-0.2, -0.15) is 0 Å². The highest BCUT2D eigenvalue weighted by Crippen LogP contribution is 2.15. The van der Waals surface area contributed by atoms with Crippen molar-refractivity contribution >= 4 is 6.29 Å². The maximum atomic E-state index is 11.3. The first kappa shape index (κ1) is 10.4. The Bertz CT molecular complexity index is 125. The summed E-state index contributed by atoms with van der Waals surface area (Å²) in [5, 5.41) is 0. The Kier molecular flexibility index (Phi) is 4.06. The molecule has 0 saturated carbocycles. The highest BCUT2D eigenvalue weighted by molar-refractivity contribution is 5.50. The molecule has 0 rings (SSSR count). The second-order valence-electron chi connectivity index (χ2n) is 1.92. The topological polar surface area (TPSA) is 52.3 Å². The van der Waals surface area contributed by atoms with E-state index in [1.54, 1.807) is 0 Å². The number of halogens is 3. The molecule has 0 aromatic carbocycles. The SMILES string of the molecule is NC(CC=O)COC(F)(F)F. The second kappa shape index (κ2) is 4.30. The monoisotopic (exact) mass is 171 g/mol. The summed E-state index contributed by atoms with van der Waals surface area (Å²) in [5.41, 5.74) is 5.04. The minimum atomic E-state index is -4.67. The summed E-state index contributed by atoms with van der Waals surface area (Å²) in [6.45, 7) is -0.678. The Hall–Kier alpha value is -0.620. The number of hydrogen-bond donors (Lipinski definition) is 1. The van der Waals surface area contributed by atoms with Crippen LogP contribution in [-0.4, -0.2) is 25.3 Å². The summed E-state index contributed by atoms with van der Waals surface area (Å²) in [7, 11) is 0. The number of carbonyl (C=O) groups is 1. The van der Waals surface area contributed by atoms with E-state index in [0.29, 0.717) is 6.29 Å². The van der Waals surface area contributed by atoms with Gasteiger partial charge < -0.3 is 10.5 Å². The van der Waals surface area contributed by atoms with Crippen LogP contribution in [0.1, 0.15) is 6.42 Å². The van der Waals surface area contributed by atoms with Crippen LogP contribution in [0.15, 0.2) is 0 Å². The van der Waals surface area contributed by atoms with Crippen molar-refractivity contribution in [3.63, 3.8) is 0 Å². The average Bonchev–Trinajstić information content (AvgIpc) is 1.83. The molecule has 1 unspecified atom stereocenters. The molecule has 66 valence electrons. The number of hydrogen-bond acceptors (Lipinski definition) is 3. The predicted octanol–water partition coefficient (Wildman–Crippen LogP) is 0.439. The Morgan fingerprint density at radius 3 is 2.45 bits per heavy atom. The lowest BCUT2D eigenvalue weighted by atomic mass is 10.2. The van der Waals surface area contributed by atoms with E-state index in [4.69, 9.17) is 5.73 Å². The minimum absolute atomic E-state index is 0.129. The molecule has 3 nitrogen and oxygen atoms in total. The molecule has 0 aliphatic carbocycles. The maximum absolute atomic E-state index is 11.3. The number of alkyl halides is 3. The highest BCUT2D eigenvalue weighted by Gasteiger charge is 2.29. The van der Waals surface area contributed by atoms with Gasteiger partial charge in [0.05, 0.1) is 6.61 Å². The van der Waals surface area contributed by atoms with Gasteiger partial charge in [0.1, 0.15) is 6.29 Å². The van der Waals surface area contributed by atoms with Gasteiger partial charge in [0, 0.05) is 12.5 Å². The van der Waals surface area contributed by atoms with Crippen LogP contribution in [0.25, 0.3) is 0 Å². The lowest BCUT2D eigenvalue weighted by Gasteiger charge is -2.10. The van der Waals surface area contributed by atoms with Crippen molar-refractivity contribution in [3.8, 4) is 0 Å². The molecule has 2 N–H and O–H groups in total. The number of ether oxygens (including phenoxy) is 1. The van der Waals surface area contributed by atoms with Crippen LogP contribution < -0.4 is 5.73 Å². The Labute approximate surface area is 61.3 Å². The summed E-state index contributed by atoms with van der Waals surface area (Å²) in [6, 6.07) is -0.880. The van der Waals surface area contributed by atoms with Crippen LogP contribution in [0.4, 0.5) is 13.2 Å². The van der Waals surface area contributed by atoms with Gasteiger partial charge in [0.2, 0.25) is 0 Å². The van der Waals surface area contributed by atoms with E-state index in [1.165, 1.54) is 0 Å². The lowest BCUT2D eigenvalue weighted by Crippen LogP contribution is -2.30. The molecule has 1 atom stereocenters. The zero-order valence-electron chi connectivity index (χ0n) is 5.60. The predicted molar refractivity (Wildman–Crippen MR) is 30.7 cm³/mol. The fourth-order valence-corrected chi connectivity index (χ4v) is 0.393. The second-order valence-corrected chi connectivity index (χ2v) is 1.92. The third kappa shape index (κ3) is 7.27. The van der Waals surface area contributed by atoms with Crippen LogP contribution in [-0.2, 0) is 9.53 Å². The van der Waals surface area contributed by atoms with Gasteiger partial charge in [-0.05, 0) is 0 Å². The van der Waals surface area contributed by atoms with E-state index in [0.717, 1.165) is 0 Å². The van der Waals surface area contributed by atoms with E-state index in [-0.39, 0.29) is 6.42 Å².